The number of aliphatic hydroxyl groups is 1. The monoisotopic (exact) mass is 377 g/mol. The maximum absolute atomic E-state index is 12.7. The van der Waals surface area contributed by atoms with Gasteiger partial charge in [0.1, 0.15) is 0 Å². The van der Waals surface area contributed by atoms with Crippen molar-refractivity contribution in [2.45, 2.75) is 57.8 Å². The Morgan fingerprint density at radius 2 is 1.89 bits per heavy atom. The van der Waals surface area contributed by atoms with Gasteiger partial charge >= 0.3 is 12.0 Å². The van der Waals surface area contributed by atoms with Gasteiger partial charge in [-0.15, -0.1) is 0 Å². The molecule has 0 saturated heterocycles. The molecule has 1 saturated carbocycles. The highest BCUT2D eigenvalue weighted by Crippen LogP contribution is 2.26. The number of hydrogen-bond acceptors (Lipinski definition) is 4. The molecular formula is C20H31N3O4. The average molecular weight is 377 g/mol. The Kier molecular flexibility index (Phi) is 8.06. The Balaban J connectivity index is 1.89. The standard InChI is InChI=1S/C20H31N3O4/c1-3-18(24)13-23(12-15-8-6-5-7-9-15)20(27)21-16-10-17(11-16)22(4-2)14-19(25)26/h5-9,16-18,24H,3-4,10-14H2,1-2H3,(H,21,27)(H,25,26). The molecule has 1 aliphatic rings. The molecule has 0 radical (unpaired) electrons. The number of nitrogens with one attached hydrogen (secondary N) is 1. The van der Waals surface area contributed by atoms with E-state index in [0.29, 0.717) is 19.5 Å². The van der Waals surface area contributed by atoms with Gasteiger partial charge in [-0.3, -0.25) is 9.69 Å². The van der Waals surface area contributed by atoms with Crippen LogP contribution in [0.25, 0.3) is 0 Å². The van der Waals surface area contributed by atoms with Crippen LogP contribution in [-0.2, 0) is 11.3 Å². The zero-order valence-corrected chi connectivity index (χ0v) is 16.2. The van der Waals surface area contributed by atoms with Crippen molar-refractivity contribution in [3.05, 3.63) is 35.9 Å². The molecule has 0 aliphatic heterocycles. The molecular weight excluding hydrogens is 346 g/mol. The lowest BCUT2D eigenvalue weighted by atomic mass is 9.85. The zero-order chi connectivity index (χ0) is 19.8. The fourth-order valence-corrected chi connectivity index (χ4v) is 3.35. The van der Waals surface area contributed by atoms with Gasteiger partial charge in [0.2, 0.25) is 0 Å². The van der Waals surface area contributed by atoms with Crippen molar-refractivity contribution in [2.75, 3.05) is 19.6 Å². The average Bonchev–Trinajstić information content (AvgIpc) is 2.62. The Hall–Kier alpha value is -2.12. The fourth-order valence-electron chi connectivity index (χ4n) is 3.35. The van der Waals surface area contributed by atoms with Gasteiger partial charge in [-0.05, 0) is 31.4 Å². The molecule has 0 aromatic heterocycles. The molecule has 27 heavy (non-hydrogen) atoms. The van der Waals surface area contributed by atoms with Crippen LogP contribution in [-0.4, -0.2) is 69.8 Å². The third-order valence-electron chi connectivity index (χ3n) is 5.11. The van der Waals surface area contributed by atoms with E-state index in [9.17, 15) is 14.7 Å². The highest BCUT2D eigenvalue weighted by Gasteiger charge is 2.35. The number of aliphatic carboxylic acids is 1. The van der Waals surface area contributed by atoms with Crippen molar-refractivity contribution in [2.24, 2.45) is 0 Å². The van der Waals surface area contributed by atoms with Crippen LogP contribution in [0.15, 0.2) is 30.3 Å². The minimum absolute atomic E-state index is 0.0324. The number of carboxylic acids is 1. The third-order valence-corrected chi connectivity index (χ3v) is 5.11. The summed E-state index contributed by atoms with van der Waals surface area (Å²) >= 11 is 0. The smallest absolute Gasteiger partial charge is 0.318 e. The second-order valence-corrected chi connectivity index (χ2v) is 7.16. The quantitative estimate of drug-likeness (QED) is 0.579. The summed E-state index contributed by atoms with van der Waals surface area (Å²) in [6, 6.07) is 9.77. The van der Waals surface area contributed by atoms with E-state index in [2.05, 4.69) is 5.32 Å². The summed E-state index contributed by atoms with van der Waals surface area (Å²) in [5, 5.41) is 22.0. The van der Waals surface area contributed by atoms with E-state index in [1.54, 1.807) is 4.90 Å². The Bertz CT molecular complexity index is 605. The Morgan fingerprint density at radius 1 is 1.22 bits per heavy atom. The van der Waals surface area contributed by atoms with E-state index in [1.165, 1.54) is 0 Å². The fraction of sp³-hybridized carbons (Fsp3) is 0.600. The van der Waals surface area contributed by atoms with Crippen LogP contribution in [0.3, 0.4) is 0 Å². The summed E-state index contributed by atoms with van der Waals surface area (Å²) in [7, 11) is 0. The minimum Gasteiger partial charge on any atom is -0.480 e. The third kappa shape index (κ3) is 6.52. The summed E-state index contributed by atoms with van der Waals surface area (Å²) in [6.45, 7) is 5.28. The number of carbonyl (C=O) groups excluding carboxylic acids is 1. The van der Waals surface area contributed by atoms with Gasteiger partial charge in [0.15, 0.2) is 0 Å². The van der Waals surface area contributed by atoms with Gasteiger partial charge < -0.3 is 20.4 Å². The Morgan fingerprint density at radius 3 is 2.44 bits per heavy atom. The van der Waals surface area contributed by atoms with Crippen LogP contribution < -0.4 is 5.32 Å². The molecule has 1 aromatic carbocycles. The van der Waals surface area contributed by atoms with E-state index in [-0.39, 0.29) is 31.2 Å². The predicted octanol–water partition coefficient (Wildman–Crippen LogP) is 1.91. The summed E-state index contributed by atoms with van der Waals surface area (Å²) in [6.07, 6.45) is 1.54. The van der Waals surface area contributed by atoms with Crippen LogP contribution >= 0.6 is 0 Å². The molecule has 0 heterocycles. The van der Waals surface area contributed by atoms with Crippen LogP contribution in [0.5, 0.6) is 0 Å². The number of amides is 2. The molecule has 7 nitrogen and oxygen atoms in total. The molecule has 150 valence electrons. The van der Waals surface area contributed by atoms with Gasteiger partial charge in [-0.25, -0.2) is 4.79 Å². The first-order valence-corrected chi connectivity index (χ1v) is 9.66. The molecule has 3 N–H and O–H groups in total. The van der Waals surface area contributed by atoms with E-state index in [1.807, 2.05) is 49.1 Å². The number of nitrogens with zero attached hydrogens (tertiary/aromatic N) is 2. The van der Waals surface area contributed by atoms with Gasteiger partial charge in [0, 0.05) is 25.2 Å². The van der Waals surface area contributed by atoms with Gasteiger partial charge in [0.25, 0.3) is 0 Å². The van der Waals surface area contributed by atoms with Crippen molar-refractivity contribution in [1.82, 2.24) is 15.1 Å². The number of urea groups is 1. The molecule has 1 fully saturated rings. The lowest BCUT2D eigenvalue weighted by molar-refractivity contribution is -0.139. The second kappa shape index (κ2) is 10.3. The van der Waals surface area contributed by atoms with E-state index < -0.39 is 12.1 Å². The first-order chi connectivity index (χ1) is 12.9. The highest BCUT2D eigenvalue weighted by atomic mass is 16.4. The maximum atomic E-state index is 12.7. The molecule has 2 amide bonds. The molecule has 1 unspecified atom stereocenters. The minimum atomic E-state index is -0.827. The van der Waals surface area contributed by atoms with Crippen LogP contribution in [0, 0.1) is 0 Å². The number of aliphatic hydroxyl groups excluding tert-OH is 1. The normalized spacial score (nSPS) is 20.0. The number of carbonyl (C=O) groups is 2. The van der Waals surface area contributed by atoms with Crippen molar-refractivity contribution in [3.8, 4) is 0 Å². The molecule has 1 aliphatic carbocycles. The van der Waals surface area contributed by atoms with Crippen LogP contribution in [0.2, 0.25) is 0 Å². The maximum Gasteiger partial charge on any atom is 0.318 e. The first-order valence-electron chi connectivity index (χ1n) is 9.66. The molecule has 0 bridgehead atoms. The van der Waals surface area contributed by atoms with Gasteiger partial charge in [-0.2, -0.15) is 0 Å². The largest absolute Gasteiger partial charge is 0.480 e. The van der Waals surface area contributed by atoms with E-state index >= 15 is 0 Å². The first kappa shape index (κ1) is 21.2. The summed E-state index contributed by atoms with van der Waals surface area (Å²) in [4.78, 5) is 27.2. The molecule has 2 rings (SSSR count). The number of benzene rings is 1. The summed E-state index contributed by atoms with van der Waals surface area (Å²) in [5.74, 6) is -0.827. The molecule has 1 atom stereocenters. The van der Waals surface area contributed by atoms with Crippen LogP contribution in [0.4, 0.5) is 4.79 Å². The predicted molar refractivity (Wildman–Crippen MR) is 103 cm³/mol. The van der Waals surface area contributed by atoms with E-state index in [0.717, 1.165) is 18.4 Å². The van der Waals surface area contributed by atoms with Crippen molar-refractivity contribution >= 4 is 12.0 Å². The number of hydrogen-bond donors (Lipinski definition) is 3. The summed E-state index contributed by atoms with van der Waals surface area (Å²) in [5.41, 5.74) is 1.01. The highest BCUT2D eigenvalue weighted by molar-refractivity contribution is 5.74. The van der Waals surface area contributed by atoms with Crippen LogP contribution in [0.1, 0.15) is 38.7 Å². The molecule has 1 aromatic rings. The lowest BCUT2D eigenvalue weighted by Crippen LogP contribution is -2.57. The second-order valence-electron chi connectivity index (χ2n) is 7.16. The van der Waals surface area contributed by atoms with Crippen molar-refractivity contribution in [3.63, 3.8) is 0 Å². The van der Waals surface area contributed by atoms with Gasteiger partial charge in [-0.1, -0.05) is 44.2 Å². The number of likely N-dealkylation sites (N-methyl/N-ethyl adjacent to an activating group) is 1. The number of carboxylic acid groups (broad SMARTS) is 1. The summed E-state index contributed by atoms with van der Waals surface area (Å²) < 4.78 is 0. The van der Waals surface area contributed by atoms with Crippen molar-refractivity contribution < 1.29 is 19.8 Å². The van der Waals surface area contributed by atoms with Gasteiger partial charge in [0.05, 0.1) is 12.6 Å². The van der Waals surface area contributed by atoms with E-state index in [4.69, 9.17) is 5.11 Å². The SMILES string of the molecule is CCC(O)CN(Cc1ccccc1)C(=O)NC1CC(N(CC)CC(=O)O)C1. The topological polar surface area (TPSA) is 93.1 Å². The van der Waals surface area contributed by atoms with Crippen molar-refractivity contribution in [1.29, 1.82) is 0 Å². The lowest BCUT2D eigenvalue weighted by Gasteiger charge is -2.43. The molecule has 7 heteroatoms. The molecule has 0 spiro atoms. The zero-order valence-electron chi connectivity index (χ0n) is 16.2. The Labute approximate surface area is 161 Å². The number of rotatable bonds is 10.